The Morgan fingerprint density at radius 2 is 1.12 bits per heavy atom. The number of hydrogen-bond donors (Lipinski definition) is 1. The predicted octanol–water partition coefficient (Wildman–Crippen LogP) is 6.16. The molecule has 0 radical (unpaired) electrons. The second kappa shape index (κ2) is 18.2. The molecule has 1 amide bonds. The highest BCUT2D eigenvalue weighted by molar-refractivity contribution is 5.78. The SMILES string of the molecule is CCCCCCCC(=O)O[C@H]1[C@H](OC(=O)CCCCCCC)[C@H](C(=O)OC(C)(C)C)O[C@@H]1CNC(=O)OC(C)(C)C. The first-order valence-electron chi connectivity index (χ1n) is 15.4. The summed E-state index contributed by atoms with van der Waals surface area (Å²) in [4.78, 5) is 51.2. The fraction of sp³-hybridized carbons (Fsp3) is 0.871. The van der Waals surface area contributed by atoms with Crippen molar-refractivity contribution in [2.75, 3.05) is 6.54 Å². The number of hydrogen-bond acceptors (Lipinski definition) is 9. The fourth-order valence-electron chi connectivity index (χ4n) is 4.38. The van der Waals surface area contributed by atoms with Gasteiger partial charge >= 0.3 is 24.0 Å². The van der Waals surface area contributed by atoms with E-state index in [2.05, 4.69) is 19.2 Å². The lowest BCUT2D eigenvalue weighted by Gasteiger charge is -2.26. The number of unbranched alkanes of at least 4 members (excludes halogenated alkanes) is 8. The quantitative estimate of drug-likeness (QED) is 0.121. The van der Waals surface area contributed by atoms with Crippen molar-refractivity contribution >= 4 is 24.0 Å². The number of esters is 3. The number of ether oxygens (including phenoxy) is 5. The Labute approximate surface area is 246 Å². The van der Waals surface area contributed by atoms with Gasteiger partial charge in [-0.25, -0.2) is 9.59 Å². The van der Waals surface area contributed by atoms with E-state index in [0.717, 1.165) is 51.4 Å². The summed E-state index contributed by atoms with van der Waals surface area (Å²) in [6, 6.07) is 0. The molecule has 0 spiro atoms. The average molecular weight is 586 g/mol. The van der Waals surface area contributed by atoms with Gasteiger partial charge in [-0.3, -0.25) is 9.59 Å². The number of rotatable bonds is 17. The molecule has 0 aromatic rings. The van der Waals surface area contributed by atoms with E-state index in [1.807, 2.05) is 0 Å². The second-order valence-electron chi connectivity index (χ2n) is 12.7. The van der Waals surface area contributed by atoms with Crippen molar-refractivity contribution in [2.24, 2.45) is 0 Å². The average Bonchev–Trinajstić information content (AvgIpc) is 3.17. The molecule has 1 aliphatic rings. The Morgan fingerprint density at radius 3 is 1.59 bits per heavy atom. The molecule has 4 atom stereocenters. The molecule has 1 N–H and O–H groups in total. The zero-order valence-electron chi connectivity index (χ0n) is 26.7. The highest BCUT2D eigenvalue weighted by Gasteiger charge is 2.53. The molecule has 0 aromatic heterocycles. The van der Waals surface area contributed by atoms with E-state index >= 15 is 0 Å². The molecule has 0 unspecified atom stereocenters. The van der Waals surface area contributed by atoms with E-state index in [9.17, 15) is 19.2 Å². The third-order valence-corrected chi connectivity index (χ3v) is 6.30. The van der Waals surface area contributed by atoms with Crippen LogP contribution in [0.4, 0.5) is 4.79 Å². The second-order valence-corrected chi connectivity index (χ2v) is 12.7. The smallest absolute Gasteiger partial charge is 0.407 e. The molecule has 1 saturated heterocycles. The van der Waals surface area contributed by atoms with Crippen LogP contribution in [-0.4, -0.2) is 66.2 Å². The highest BCUT2D eigenvalue weighted by Crippen LogP contribution is 2.30. The summed E-state index contributed by atoms with van der Waals surface area (Å²) in [5.74, 6) is -1.73. The standard InChI is InChI=1S/C31H55NO9/c1-9-11-13-15-17-19-23(33)38-25-22(21-32-29(36)41-31(6,7)8)37-27(28(35)40-30(3,4)5)26(25)39-24(34)20-18-16-14-12-10-2/h22,25-27H,9-21H2,1-8H3,(H,32,36)/t22-,25-,26+,27-/m1/s1. The van der Waals surface area contributed by atoms with Crippen molar-refractivity contribution < 1.29 is 42.9 Å². The summed E-state index contributed by atoms with van der Waals surface area (Å²) in [7, 11) is 0. The van der Waals surface area contributed by atoms with Gasteiger partial charge in [0.05, 0.1) is 6.54 Å². The van der Waals surface area contributed by atoms with Crippen LogP contribution in [0.15, 0.2) is 0 Å². The minimum atomic E-state index is -1.33. The van der Waals surface area contributed by atoms with Crippen LogP contribution < -0.4 is 5.32 Å². The molecule has 0 saturated carbocycles. The Balaban J connectivity index is 3.11. The van der Waals surface area contributed by atoms with Crippen molar-refractivity contribution in [3.63, 3.8) is 0 Å². The summed E-state index contributed by atoms with van der Waals surface area (Å²) in [6.45, 7) is 14.5. The van der Waals surface area contributed by atoms with Gasteiger partial charge in [0.15, 0.2) is 18.3 Å². The zero-order chi connectivity index (χ0) is 31.1. The molecule has 1 heterocycles. The van der Waals surface area contributed by atoms with Crippen molar-refractivity contribution in [1.82, 2.24) is 5.32 Å². The number of carbonyl (C=O) groups excluding carboxylic acids is 4. The number of carbonyl (C=O) groups is 4. The molecule has 1 rings (SSSR count). The Hall–Kier alpha value is -2.36. The molecular formula is C31H55NO9. The lowest BCUT2D eigenvalue weighted by Crippen LogP contribution is -2.46. The van der Waals surface area contributed by atoms with Crippen LogP contribution in [0.25, 0.3) is 0 Å². The molecule has 10 nitrogen and oxygen atoms in total. The van der Waals surface area contributed by atoms with Crippen LogP contribution in [0.3, 0.4) is 0 Å². The predicted molar refractivity (Wildman–Crippen MR) is 155 cm³/mol. The van der Waals surface area contributed by atoms with E-state index in [1.54, 1.807) is 41.5 Å². The lowest BCUT2D eigenvalue weighted by atomic mass is 10.1. The highest BCUT2D eigenvalue weighted by atomic mass is 16.7. The molecule has 1 aliphatic heterocycles. The van der Waals surface area contributed by atoms with E-state index in [-0.39, 0.29) is 19.4 Å². The topological polar surface area (TPSA) is 126 Å². The number of amides is 1. The largest absolute Gasteiger partial charge is 0.458 e. The summed E-state index contributed by atoms with van der Waals surface area (Å²) in [5, 5.41) is 2.62. The van der Waals surface area contributed by atoms with Crippen molar-refractivity contribution in [3.05, 3.63) is 0 Å². The molecule has 10 heteroatoms. The maximum atomic E-state index is 13.2. The molecule has 1 fully saturated rings. The van der Waals surface area contributed by atoms with E-state index in [4.69, 9.17) is 23.7 Å². The minimum Gasteiger partial charge on any atom is -0.458 e. The van der Waals surface area contributed by atoms with Gasteiger partial charge in [-0.1, -0.05) is 65.2 Å². The first kappa shape index (κ1) is 36.7. The molecule has 0 bridgehead atoms. The van der Waals surface area contributed by atoms with Gasteiger partial charge in [0, 0.05) is 12.8 Å². The number of alkyl carbamates (subject to hydrolysis) is 1. The molecule has 0 aromatic carbocycles. The summed E-state index contributed by atoms with van der Waals surface area (Å²) >= 11 is 0. The first-order chi connectivity index (χ1) is 19.2. The van der Waals surface area contributed by atoms with Gasteiger partial charge in [-0.15, -0.1) is 0 Å². The molecular weight excluding hydrogens is 530 g/mol. The lowest BCUT2D eigenvalue weighted by molar-refractivity contribution is -0.178. The minimum absolute atomic E-state index is 0.131. The van der Waals surface area contributed by atoms with Crippen molar-refractivity contribution in [1.29, 1.82) is 0 Å². The molecule has 238 valence electrons. The van der Waals surface area contributed by atoms with Gasteiger partial charge in [0.2, 0.25) is 0 Å². The summed E-state index contributed by atoms with van der Waals surface area (Å²) in [6.07, 6.45) is 4.53. The van der Waals surface area contributed by atoms with Crippen LogP contribution >= 0.6 is 0 Å². The Kier molecular flexibility index (Phi) is 16.3. The monoisotopic (exact) mass is 585 g/mol. The molecule has 0 aliphatic carbocycles. The van der Waals surface area contributed by atoms with Crippen LogP contribution in [0.2, 0.25) is 0 Å². The van der Waals surface area contributed by atoms with Crippen LogP contribution in [0.5, 0.6) is 0 Å². The summed E-state index contributed by atoms with van der Waals surface area (Å²) < 4.78 is 28.4. The Morgan fingerprint density at radius 1 is 0.659 bits per heavy atom. The van der Waals surface area contributed by atoms with E-state index < -0.39 is 59.6 Å². The van der Waals surface area contributed by atoms with Gasteiger partial charge in [0.25, 0.3) is 0 Å². The summed E-state index contributed by atoms with van der Waals surface area (Å²) in [5.41, 5.74) is -1.55. The van der Waals surface area contributed by atoms with Gasteiger partial charge < -0.3 is 29.0 Å². The van der Waals surface area contributed by atoms with Gasteiger partial charge in [-0.05, 0) is 54.4 Å². The maximum absolute atomic E-state index is 13.2. The fourth-order valence-corrected chi connectivity index (χ4v) is 4.38. The normalized spacial score (nSPS) is 20.8. The van der Waals surface area contributed by atoms with Crippen molar-refractivity contribution in [2.45, 2.75) is 168 Å². The van der Waals surface area contributed by atoms with E-state index in [1.165, 1.54) is 0 Å². The van der Waals surface area contributed by atoms with Crippen molar-refractivity contribution in [3.8, 4) is 0 Å². The van der Waals surface area contributed by atoms with E-state index in [0.29, 0.717) is 12.8 Å². The maximum Gasteiger partial charge on any atom is 0.407 e. The third-order valence-electron chi connectivity index (χ3n) is 6.30. The van der Waals surface area contributed by atoms with Gasteiger partial charge in [0.1, 0.15) is 17.3 Å². The van der Waals surface area contributed by atoms with Crippen LogP contribution in [-0.2, 0) is 38.1 Å². The third kappa shape index (κ3) is 16.0. The van der Waals surface area contributed by atoms with Gasteiger partial charge in [-0.2, -0.15) is 0 Å². The zero-order valence-corrected chi connectivity index (χ0v) is 26.7. The first-order valence-corrected chi connectivity index (χ1v) is 15.4. The van der Waals surface area contributed by atoms with Crippen LogP contribution in [0.1, 0.15) is 132 Å². The molecule has 41 heavy (non-hydrogen) atoms. The number of nitrogens with one attached hydrogen (secondary N) is 1. The Bertz CT molecular complexity index is 815. The van der Waals surface area contributed by atoms with Crippen LogP contribution in [0, 0.1) is 0 Å².